The van der Waals surface area contributed by atoms with Gasteiger partial charge in [0.1, 0.15) is 0 Å². The predicted molar refractivity (Wildman–Crippen MR) is 93.2 cm³/mol. The van der Waals surface area contributed by atoms with Crippen molar-refractivity contribution in [1.29, 1.82) is 0 Å². The Morgan fingerprint density at radius 1 is 1.08 bits per heavy atom. The van der Waals surface area contributed by atoms with Gasteiger partial charge in [-0.25, -0.2) is 13.1 Å². The number of hydrogen-bond acceptors (Lipinski definition) is 3. The van der Waals surface area contributed by atoms with Crippen LogP contribution >= 0.6 is 0 Å². The van der Waals surface area contributed by atoms with Crippen LogP contribution in [0.5, 0.6) is 0 Å². The number of amides is 1. The lowest BCUT2D eigenvalue weighted by molar-refractivity contribution is -0.114. The lowest BCUT2D eigenvalue weighted by Crippen LogP contribution is -2.34. The van der Waals surface area contributed by atoms with Gasteiger partial charge in [-0.1, -0.05) is 36.4 Å². The first-order valence-electron chi connectivity index (χ1n) is 7.80. The average molecular weight is 344 g/mol. The molecular weight excluding hydrogens is 324 g/mol. The molecule has 1 amide bonds. The van der Waals surface area contributed by atoms with Crippen molar-refractivity contribution in [2.75, 3.05) is 5.32 Å². The molecule has 2 N–H and O–H groups in total. The van der Waals surface area contributed by atoms with Crippen LogP contribution in [0.1, 0.15) is 30.9 Å². The summed E-state index contributed by atoms with van der Waals surface area (Å²) in [6.07, 6.45) is 1.56. The van der Waals surface area contributed by atoms with E-state index in [4.69, 9.17) is 0 Å². The summed E-state index contributed by atoms with van der Waals surface area (Å²) in [5.74, 6) is -0.233. The Labute approximate surface area is 142 Å². The third kappa shape index (κ3) is 3.34. The Hall–Kier alpha value is -2.18. The summed E-state index contributed by atoms with van der Waals surface area (Å²) < 4.78 is 28.4. The van der Waals surface area contributed by atoms with Crippen molar-refractivity contribution in [1.82, 2.24) is 4.72 Å². The van der Waals surface area contributed by atoms with Crippen molar-refractivity contribution >= 4 is 21.6 Å². The van der Waals surface area contributed by atoms with Gasteiger partial charge in [-0.3, -0.25) is 4.79 Å². The van der Waals surface area contributed by atoms with E-state index in [2.05, 4.69) is 10.0 Å². The maximum absolute atomic E-state index is 12.8. The third-order valence-corrected chi connectivity index (χ3v) is 5.77. The van der Waals surface area contributed by atoms with Gasteiger partial charge in [0.25, 0.3) is 0 Å². The summed E-state index contributed by atoms with van der Waals surface area (Å²) in [4.78, 5) is 11.4. The highest BCUT2D eigenvalue weighted by Gasteiger charge is 2.47. The lowest BCUT2D eigenvalue weighted by Gasteiger charge is -2.19. The van der Waals surface area contributed by atoms with Crippen molar-refractivity contribution < 1.29 is 13.2 Å². The van der Waals surface area contributed by atoms with E-state index in [1.54, 1.807) is 12.1 Å². The van der Waals surface area contributed by atoms with Gasteiger partial charge in [-0.15, -0.1) is 0 Å². The van der Waals surface area contributed by atoms with Gasteiger partial charge < -0.3 is 5.32 Å². The molecule has 1 aliphatic carbocycles. The molecule has 6 heteroatoms. The summed E-state index contributed by atoms with van der Waals surface area (Å²) in [6.45, 7) is 3.22. The average Bonchev–Trinajstić information content (AvgIpc) is 3.30. The minimum Gasteiger partial charge on any atom is -0.326 e. The number of rotatable bonds is 5. The van der Waals surface area contributed by atoms with Crippen molar-refractivity contribution in [3.63, 3.8) is 0 Å². The molecule has 0 aliphatic heterocycles. The minimum atomic E-state index is -3.68. The molecule has 0 bridgehead atoms. The first-order valence-corrected chi connectivity index (χ1v) is 9.28. The monoisotopic (exact) mass is 344 g/mol. The molecule has 0 spiro atoms. The Morgan fingerprint density at radius 3 is 2.33 bits per heavy atom. The number of sulfonamides is 1. The zero-order valence-electron chi connectivity index (χ0n) is 13.7. The summed E-state index contributed by atoms with van der Waals surface area (Å²) in [7, 11) is -3.68. The molecule has 1 aliphatic rings. The van der Waals surface area contributed by atoms with E-state index < -0.39 is 15.6 Å². The molecule has 2 aromatic carbocycles. The quantitative estimate of drug-likeness (QED) is 0.876. The molecule has 0 radical (unpaired) electrons. The fourth-order valence-corrected chi connectivity index (χ4v) is 4.21. The molecule has 2 aromatic rings. The van der Waals surface area contributed by atoms with Crippen molar-refractivity contribution in [3.8, 4) is 0 Å². The standard InChI is InChI=1S/C18H20N2O3S/c1-13-8-9-16(12-17(13)19-14(2)21)24(22,23)20-18(10-11-18)15-6-4-3-5-7-15/h3-9,12,20H,10-11H2,1-2H3,(H,19,21). The Bertz CT molecular complexity index is 872. The molecule has 0 unspecified atom stereocenters. The number of anilines is 1. The topological polar surface area (TPSA) is 75.3 Å². The molecule has 1 fully saturated rings. The molecule has 0 saturated heterocycles. The Morgan fingerprint density at radius 2 is 1.75 bits per heavy atom. The van der Waals surface area contributed by atoms with E-state index in [-0.39, 0.29) is 10.8 Å². The van der Waals surface area contributed by atoms with Crippen molar-refractivity contribution in [2.24, 2.45) is 0 Å². The van der Waals surface area contributed by atoms with E-state index in [0.717, 1.165) is 24.0 Å². The van der Waals surface area contributed by atoms with Gasteiger partial charge in [0.15, 0.2) is 0 Å². The number of benzene rings is 2. The predicted octanol–water partition coefficient (Wildman–Crippen LogP) is 2.92. The smallest absolute Gasteiger partial charge is 0.241 e. The van der Waals surface area contributed by atoms with Crippen LogP contribution in [0, 0.1) is 6.92 Å². The van der Waals surface area contributed by atoms with Crippen LogP contribution in [0.2, 0.25) is 0 Å². The van der Waals surface area contributed by atoms with E-state index in [9.17, 15) is 13.2 Å². The van der Waals surface area contributed by atoms with Crippen LogP contribution in [0.25, 0.3) is 0 Å². The van der Waals surface area contributed by atoms with Gasteiger partial charge in [0.05, 0.1) is 10.4 Å². The van der Waals surface area contributed by atoms with Crippen molar-refractivity contribution in [2.45, 2.75) is 37.1 Å². The fourth-order valence-electron chi connectivity index (χ4n) is 2.74. The summed E-state index contributed by atoms with van der Waals surface area (Å²) in [5.41, 5.74) is 1.78. The maximum atomic E-state index is 12.8. The number of carbonyl (C=O) groups excluding carboxylic acids is 1. The van der Waals surface area contributed by atoms with Gasteiger partial charge in [0, 0.05) is 12.6 Å². The number of aryl methyl sites for hydroxylation is 1. The molecular formula is C18H20N2O3S. The Balaban J connectivity index is 1.90. The highest BCUT2D eigenvalue weighted by atomic mass is 32.2. The zero-order valence-corrected chi connectivity index (χ0v) is 14.5. The van der Waals surface area contributed by atoms with Crippen LogP contribution in [-0.4, -0.2) is 14.3 Å². The Kier molecular flexibility index (Phi) is 4.19. The molecule has 0 heterocycles. The zero-order chi connectivity index (χ0) is 17.4. The molecule has 0 aromatic heterocycles. The molecule has 1 saturated carbocycles. The second-order valence-electron chi connectivity index (χ2n) is 6.21. The lowest BCUT2D eigenvalue weighted by atomic mass is 10.1. The van der Waals surface area contributed by atoms with Gasteiger partial charge in [0.2, 0.25) is 15.9 Å². The van der Waals surface area contributed by atoms with Gasteiger partial charge >= 0.3 is 0 Å². The second kappa shape index (κ2) is 6.03. The molecule has 0 atom stereocenters. The van der Waals surface area contributed by atoms with E-state index in [0.29, 0.717) is 5.69 Å². The number of carbonyl (C=O) groups is 1. The molecule has 3 rings (SSSR count). The fraction of sp³-hybridized carbons (Fsp3) is 0.278. The number of hydrogen-bond donors (Lipinski definition) is 2. The second-order valence-corrected chi connectivity index (χ2v) is 7.89. The van der Waals surface area contributed by atoms with Crippen LogP contribution < -0.4 is 10.0 Å². The van der Waals surface area contributed by atoms with Crippen LogP contribution in [0.4, 0.5) is 5.69 Å². The van der Waals surface area contributed by atoms with Crippen LogP contribution in [-0.2, 0) is 20.4 Å². The van der Waals surface area contributed by atoms with E-state index in [1.165, 1.54) is 13.0 Å². The van der Waals surface area contributed by atoms with Gasteiger partial charge in [-0.2, -0.15) is 0 Å². The minimum absolute atomic E-state index is 0.152. The first kappa shape index (κ1) is 16.7. The number of nitrogens with one attached hydrogen (secondary N) is 2. The molecule has 126 valence electrons. The van der Waals surface area contributed by atoms with Crippen molar-refractivity contribution in [3.05, 3.63) is 59.7 Å². The van der Waals surface area contributed by atoms with E-state index in [1.807, 2.05) is 37.3 Å². The van der Waals surface area contributed by atoms with Crippen LogP contribution in [0.3, 0.4) is 0 Å². The van der Waals surface area contributed by atoms with Gasteiger partial charge in [-0.05, 0) is 43.0 Å². The van der Waals surface area contributed by atoms with E-state index >= 15 is 0 Å². The summed E-state index contributed by atoms with van der Waals surface area (Å²) >= 11 is 0. The highest BCUT2D eigenvalue weighted by molar-refractivity contribution is 7.89. The highest BCUT2D eigenvalue weighted by Crippen LogP contribution is 2.46. The largest absolute Gasteiger partial charge is 0.326 e. The maximum Gasteiger partial charge on any atom is 0.241 e. The first-order chi connectivity index (χ1) is 11.3. The summed E-state index contributed by atoms with van der Waals surface area (Å²) in [6, 6.07) is 14.4. The summed E-state index contributed by atoms with van der Waals surface area (Å²) in [5, 5.41) is 2.66. The third-order valence-electron chi connectivity index (χ3n) is 4.24. The SMILES string of the molecule is CC(=O)Nc1cc(S(=O)(=O)NC2(c3ccccc3)CC2)ccc1C. The van der Waals surface area contributed by atoms with Crippen LogP contribution in [0.15, 0.2) is 53.4 Å². The normalized spacial score (nSPS) is 15.8. The molecule has 24 heavy (non-hydrogen) atoms. The molecule has 5 nitrogen and oxygen atoms in total.